The number of furan rings is 1. The molecule has 0 radical (unpaired) electrons. The summed E-state index contributed by atoms with van der Waals surface area (Å²) in [5, 5.41) is 8.17. The average molecular weight is 331 g/mol. The fourth-order valence-corrected chi connectivity index (χ4v) is 2.99. The summed E-state index contributed by atoms with van der Waals surface area (Å²) in [4.78, 5) is 27.8. The van der Waals surface area contributed by atoms with Crippen LogP contribution in [0.4, 0.5) is 4.79 Å². The first-order valence-electron chi connectivity index (χ1n) is 8.03. The third kappa shape index (κ3) is 4.15. The van der Waals surface area contributed by atoms with E-state index in [1.807, 2.05) is 10.8 Å². The van der Waals surface area contributed by atoms with E-state index in [9.17, 15) is 9.59 Å². The molecule has 3 amide bonds. The summed E-state index contributed by atoms with van der Waals surface area (Å²) >= 11 is 0. The summed E-state index contributed by atoms with van der Waals surface area (Å²) in [7, 11) is 0. The summed E-state index contributed by atoms with van der Waals surface area (Å²) < 4.78 is 7.15. The predicted molar refractivity (Wildman–Crippen MR) is 86.0 cm³/mol. The zero-order chi connectivity index (χ0) is 16.8. The zero-order valence-corrected chi connectivity index (χ0v) is 13.3. The van der Waals surface area contributed by atoms with E-state index in [4.69, 9.17) is 4.42 Å². The molecule has 128 valence electrons. The third-order valence-corrected chi connectivity index (χ3v) is 4.15. The van der Waals surface area contributed by atoms with E-state index in [0.717, 1.165) is 19.3 Å². The maximum Gasteiger partial charge on any atom is 0.315 e. The van der Waals surface area contributed by atoms with Gasteiger partial charge in [-0.05, 0) is 31.4 Å². The molecule has 0 spiro atoms. The van der Waals surface area contributed by atoms with Crippen LogP contribution in [0.25, 0.3) is 0 Å². The molecule has 1 aliphatic carbocycles. The Morgan fingerprint density at radius 2 is 2.25 bits per heavy atom. The van der Waals surface area contributed by atoms with Crippen molar-refractivity contribution >= 4 is 11.9 Å². The van der Waals surface area contributed by atoms with Crippen LogP contribution in [-0.2, 0) is 11.3 Å². The molecule has 2 heterocycles. The van der Waals surface area contributed by atoms with Crippen molar-refractivity contribution in [3.8, 4) is 0 Å². The molecule has 24 heavy (non-hydrogen) atoms. The van der Waals surface area contributed by atoms with E-state index >= 15 is 0 Å². The Labute approximate surface area is 139 Å². The number of carbonyl (C=O) groups excluding carboxylic acids is 2. The number of nitrogens with one attached hydrogen (secondary N) is 3. The van der Waals surface area contributed by atoms with Gasteiger partial charge in [0, 0.05) is 18.4 Å². The number of imidazole rings is 1. The minimum absolute atomic E-state index is 0.0584. The smallest absolute Gasteiger partial charge is 0.315 e. The molecule has 2 unspecified atom stereocenters. The van der Waals surface area contributed by atoms with Crippen LogP contribution in [0.5, 0.6) is 0 Å². The molecule has 8 nitrogen and oxygen atoms in total. The Bertz CT molecular complexity index is 653. The molecule has 2 aromatic rings. The van der Waals surface area contributed by atoms with E-state index in [0.29, 0.717) is 5.76 Å². The molecule has 0 aliphatic heterocycles. The Hall–Kier alpha value is -2.77. The minimum atomic E-state index is -0.404. The number of rotatable bonds is 6. The monoisotopic (exact) mass is 331 g/mol. The first kappa shape index (κ1) is 16.1. The van der Waals surface area contributed by atoms with Gasteiger partial charge >= 0.3 is 6.03 Å². The maximum absolute atomic E-state index is 12.1. The number of hydrogen-bond acceptors (Lipinski definition) is 4. The van der Waals surface area contributed by atoms with Gasteiger partial charge in [-0.2, -0.15) is 0 Å². The van der Waals surface area contributed by atoms with E-state index in [1.165, 1.54) is 0 Å². The molecule has 2 atom stereocenters. The van der Waals surface area contributed by atoms with Gasteiger partial charge in [-0.15, -0.1) is 0 Å². The van der Waals surface area contributed by atoms with Crippen molar-refractivity contribution in [2.45, 2.75) is 37.9 Å². The van der Waals surface area contributed by atoms with E-state index in [2.05, 4.69) is 20.9 Å². The van der Waals surface area contributed by atoms with Crippen LogP contribution in [0.15, 0.2) is 41.5 Å². The second-order valence-corrected chi connectivity index (χ2v) is 5.80. The first-order chi connectivity index (χ1) is 11.7. The van der Waals surface area contributed by atoms with E-state index in [-0.39, 0.29) is 31.1 Å². The quantitative estimate of drug-likeness (QED) is 0.740. The average Bonchev–Trinajstić information content (AvgIpc) is 3.31. The predicted octanol–water partition coefficient (Wildman–Crippen LogP) is 1.19. The molecular weight excluding hydrogens is 310 g/mol. The molecule has 1 saturated carbocycles. The highest BCUT2D eigenvalue weighted by molar-refractivity contribution is 5.84. The molecule has 1 aliphatic rings. The van der Waals surface area contributed by atoms with Crippen LogP contribution < -0.4 is 16.0 Å². The van der Waals surface area contributed by atoms with Crippen LogP contribution in [0.3, 0.4) is 0 Å². The van der Waals surface area contributed by atoms with Crippen LogP contribution in [-0.4, -0.2) is 34.1 Å². The number of aromatic nitrogens is 2. The molecule has 0 saturated heterocycles. The van der Waals surface area contributed by atoms with E-state index < -0.39 is 6.03 Å². The van der Waals surface area contributed by atoms with Crippen LogP contribution in [0, 0.1) is 0 Å². The number of carbonyl (C=O) groups is 2. The highest BCUT2D eigenvalue weighted by atomic mass is 16.3. The van der Waals surface area contributed by atoms with Gasteiger partial charge in [0.2, 0.25) is 5.91 Å². The molecule has 3 rings (SSSR count). The van der Waals surface area contributed by atoms with Crippen molar-refractivity contribution in [1.82, 2.24) is 25.5 Å². The highest BCUT2D eigenvalue weighted by Crippen LogP contribution is 2.29. The van der Waals surface area contributed by atoms with Crippen molar-refractivity contribution in [1.29, 1.82) is 0 Å². The van der Waals surface area contributed by atoms with Gasteiger partial charge in [0.25, 0.3) is 0 Å². The Balaban J connectivity index is 1.39. The molecule has 0 aromatic carbocycles. The van der Waals surface area contributed by atoms with Crippen molar-refractivity contribution < 1.29 is 14.0 Å². The Kier molecular flexibility index (Phi) is 5.15. The van der Waals surface area contributed by atoms with Gasteiger partial charge < -0.3 is 24.9 Å². The molecule has 2 aromatic heterocycles. The maximum atomic E-state index is 12.1. The van der Waals surface area contributed by atoms with Gasteiger partial charge in [0.05, 0.1) is 31.7 Å². The largest absolute Gasteiger partial charge is 0.467 e. The summed E-state index contributed by atoms with van der Waals surface area (Å²) in [6.07, 6.45) is 9.97. The molecule has 0 bridgehead atoms. The highest BCUT2D eigenvalue weighted by Gasteiger charge is 2.29. The van der Waals surface area contributed by atoms with Gasteiger partial charge in [-0.25, -0.2) is 9.78 Å². The second-order valence-electron chi connectivity index (χ2n) is 5.80. The van der Waals surface area contributed by atoms with Crippen LogP contribution in [0.2, 0.25) is 0 Å². The fraction of sp³-hybridized carbons (Fsp3) is 0.438. The number of amides is 3. The topological polar surface area (TPSA) is 101 Å². The third-order valence-electron chi connectivity index (χ3n) is 4.15. The van der Waals surface area contributed by atoms with Crippen LogP contribution >= 0.6 is 0 Å². The van der Waals surface area contributed by atoms with Gasteiger partial charge in [0.1, 0.15) is 5.76 Å². The number of urea groups is 1. The summed E-state index contributed by atoms with van der Waals surface area (Å²) in [6, 6.07) is 3.41. The summed E-state index contributed by atoms with van der Waals surface area (Å²) in [5.41, 5.74) is 0. The van der Waals surface area contributed by atoms with Crippen LogP contribution in [0.1, 0.15) is 31.1 Å². The van der Waals surface area contributed by atoms with Gasteiger partial charge in [-0.3, -0.25) is 4.79 Å². The second kappa shape index (κ2) is 7.67. The van der Waals surface area contributed by atoms with Gasteiger partial charge in [0.15, 0.2) is 0 Å². The number of nitrogens with zero attached hydrogens (tertiary/aromatic N) is 2. The zero-order valence-electron chi connectivity index (χ0n) is 13.3. The lowest BCUT2D eigenvalue weighted by Crippen LogP contribution is -2.45. The number of hydrogen-bond donors (Lipinski definition) is 3. The first-order valence-corrected chi connectivity index (χ1v) is 8.03. The summed E-state index contributed by atoms with van der Waals surface area (Å²) in [6.45, 7) is 0.225. The van der Waals surface area contributed by atoms with Crippen molar-refractivity contribution in [2.75, 3.05) is 6.54 Å². The Morgan fingerprint density at radius 3 is 3.00 bits per heavy atom. The fourth-order valence-electron chi connectivity index (χ4n) is 2.99. The molecular formula is C16H21N5O3. The van der Waals surface area contributed by atoms with Crippen molar-refractivity contribution in [3.05, 3.63) is 42.9 Å². The SMILES string of the molecule is O=C(CNC(=O)NCc1ccco1)NC1CCCC1n1ccnc1. The normalized spacial score (nSPS) is 19.8. The van der Waals surface area contributed by atoms with E-state index in [1.54, 1.807) is 30.9 Å². The van der Waals surface area contributed by atoms with Crippen molar-refractivity contribution in [2.24, 2.45) is 0 Å². The van der Waals surface area contributed by atoms with Crippen molar-refractivity contribution in [3.63, 3.8) is 0 Å². The minimum Gasteiger partial charge on any atom is -0.467 e. The molecule has 3 N–H and O–H groups in total. The summed E-state index contributed by atoms with van der Waals surface area (Å²) in [5.74, 6) is 0.462. The lowest BCUT2D eigenvalue weighted by Gasteiger charge is -2.22. The van der Waals surface area contributed by atoms with Gasteiger partial charge in [-0.1, -0.05) is 0 Å². The molecule has 1 fully saturated rings. The standard InChI is InChI=1S/C16H21N5O3/c22-15(10-19-16(23)18-9-12-3-2-8-24-12)20-13-4-1-5-14(13)21-7-6-17-11-21/h2-3,6-8,11,13-14H,1,4-5,9-10H2,(H,20,22)(H2,18,19,23). The Morgan fingerprint density at radius 1 is 1.33 bits per heavy atom. The lowest BCUT2D eigenvalue weighted by atomic mass is 10.1. The molecule has 8 heteroatoms. The lowest BCUT2D eigenvalue weighted by molar-refractivity contribution is -0.121.